The molecular weight excluding hydrogens is 424 g/mol. The lowest BCUT2D eigenvalue weighted by Crippen LogP contribution is -2.27. The predicted molar refractivity (Wildman–Crippen MR) is 105 cm³/mol. The Kier molecular flexibility index (Phi) is 7.42. The molecule has 1 N–H and O–H groups in total. The number of amides is 1. The van der Waals surface area contributed by atoms with Crippen LogP contribution in [0, 0.1) is 0 Å². The average Bonchev–Trinajstić information content (AvgIpc) is 3.17. The van der Waals surface area contributed by atoms with Crippen LogP contribution in [-0.4, -0.2) is 35.0 Å². The van der Waals surface area contributed by atoms with Gasteiger partial charge in [0.15, 0.2) is 0 Å². The molecule has 0 spiro atoms. The zero-order valence-electron chi connectivity index (χ0n) is 15.0. The third-order valence-corrected chi connectivity index (χ3v) is 4.80. The summed E-state index contributed by atoms with van der Waals surface area (Å²) >= 11 is 6.95. The molecule has 0 fully saturated rings. The number of nitrogens with one attached hydrogen (secondary N) is 1. The molecule has 3 rings (SSSR count). The molecule has 0 aliphatic heterocycles. The van der Waals surface area contributed by atoms with Crippen molar-refractivity contribution < 1.29 is 22.7 Å². The molecule has 0 unspecified atom stereocenters. The van der Waals surface area contributed by atoms with E-state index in [2.05, 4.69) is 20.3 Å². The van der Waals surface area contributed by atoms with Gasteiger partial charge in [0, 0.05) is 17.1 Å². The molecule has 1 aromatic heterocycles. The maximum Gasteiger partial charge on any atom is 0.387 e. The number of nitrogens with zero attached hydrogens (tertiary/aromatic N) is 2. The number of hydrogen-bond donors (Lipinski definition) is 1. The number of carbonyl (C=O) groups is 1. The zero-order chi connectivity index (χ0) is 20.6. The van der Waals surface area contributed by atoms with Gasteiger partial charge in [-0.25, -0.2) is 0 Å². The summed E-state index contributed by atoms with van der Waals surface area (Å²) in [7, 11) is 0. The van der Waals surface area contributed by atoms with Crippen molar-refractivity contribution in [2.75, 3.05) is 12.3 Å². The van der Waals surface area contributed by atoms with Crippen molar-refractivity contribution in [3.63, 3.8) is 0 Å². The molecule has 1 amide bonds. The molecule has 0 aliphatic carbocycles. The van der Waals surface area contributed by atoms with Crippen molar-refractivity contribution >= 4 is 29.3 Å². The molecule has 6 nitrogen and oxygen atoms in total. The van der Waals surface area contributed by atoms with Gasteiger partial charge in [0.25, 0.3) is 5.22 Å². The van der Waals surface area contributed by atoms with E-state index in [1.54, 1.807) is 42.5 Å². The third kappa shape index (κ3) is 6.43. The first-order valence-corrected chi connectivity index (χ1v) is 9.89. The van der Waals surface area contributed by atoms with Gasteiger partial charge in [-0.2, -0.15) is 8.78 Å². The number of alkyl halides is 2. The normalized spacial score (nSPS) is 10.9. The van der Waals surface area contributed by atoms with Crippen LogP contribution in [0.25, 0.3) is 11.5 Å². The monoisotopic (exact) mass is 439 g/mol. The Bertz CT molecular complexity index is 954. The summed E-state index contributed by atoms with van der Waals surface area (Å²) in [5.74, 6) is 0.276. The van der Waals surface area contributed by atoms with E-state index in [0.29, 0.717) is 22.9 Å². The SMILES string of the molecule is O=C(CSc1nnc(-c2ccc(Cl)cc2)o1)NCCc1ccccc1OC(F)F. The van der Waals surface area contributed by atoms with Crippen molar-refractivity contribution in [3.05, 3.63) is 59.1 Å². The van der Waals surface area contributed by atoms with Crippen LogP contribution < -0.4 is 10.1 Å². The lowest BCUT2D eigenvalue weighted by Gasteiger charge is -2.10. The molecule has 10 heteroatoms. The van der Waals surface area contributed by atoms with Crippen LogP contribution in [0.5, 0.6) is 5.75 Å². The van der Waals surface area contributed by atoms with Gasteiger partial charge in [0.2, 0.25) is 11.8 Å². The maximum atomic E-state index is 12.4. The number of ether oxygens (including phenoxy) is 1. The van der Waals surface area contributed by atoms with Crippen molar-refractivity contribution in [2.24, 2.45) is 0 Å². The molecule has 3 aromatic rings. The minimum atomic E-state index is -2.89. The Balaban J connectivity index is 1.45. The summed E-state index contributed by atoms with van der Waals surface area (Å²) < 4.78 is 34.8. The number of rotatable bonds is 9. The van der Waals surface area contributed by atoms with Gasteiger partial charge in [-0.15, -0.1) is 10.2 Å². The first kappa shape index (κ1) is 21.1. The molecule has 0 atom stereocenters. The maximum absolute atomic E-state index is 12.4. The van der Waals surface area contributed by atoms with Gasteiger partial charge in [0.05, 0.1) is 5.75 Å². The van der Waals surface area contributed by atoms with Gasteiger partial charge < -0.3 is 14.5 Å². The second kappa shape index (κ2) is 10.2. The van der Waals surface area contributed by atoms with Crippen molar-refractivity contribution in [1.29, 1.82) is 0 Å². The topological polar surface area (TPSA) is 77.2 Å². The fourth-order valence-corrected chi connectivity index (χ4v) is 3.13. The largest absolute Gasteiger partial charge is 0.435 e. The summed E-state index contributed by atoms with van der Waals surface area (Å²) in [5, 5.41) is 11.4. The summed E-state index contributed by atoms with van der Waals surface area (Å²) in [6.45, 7) is -2.61. The van der Waals surface area contributed by atoms with E-state index in [0.717, 1.165) is 17.3 Å². The highest BCUT2D eigenvalue weighted by Crippen LogP contribution is 2.24. The molecule has 1 heterocycles. The van der Waals surface area contributed by atoms with E-state index in [9.17, 15) is 13.6 Å². The molecule has 29 heavy (non-hydrogen) atoms. The number of thioether (sulfide) groups is 1. The first-order valence-electron chi connectivity index (χ1n) is 8.53. The average molecular weight is 440 g/mol. The molecule has 0 radical (unpaired) electrons. The van der Waals surface area contributed by atoms with Crippen LogP contribution in [0.1, 0.15) is 5.56 Å². The number of hydrogen-bond acceptors (Lipinski definition) is 6. The highest BCUT2D eigenvalue weighted by atomic mass is 35.5. The Morgan fingerprint density at radius 2 is 1.93 bits per heavy atom. The zero-order valence-corrected chi connectivity index (χ0v) is 16.6. The minimum Gasteiger partial charge on any atom is -0.435 e. The molecule has 0 saturated heterocycles. The van der Waals surface area contributed by atoms with Crippen LogP contribution in [0.15, 0.2) is 58.2 Å². The molecule has 0 saturated carbocycles. The minimum absolute atomic E-state index is 0.0808. The predicted octanol–water partition coefficient (Wildman–Crippen LogP) is 4.44. The van der Waals surface area contributed by atoms with Gasteiger partial charge in [-0.3, -0.25) is 4.79 Å². The number of carbonyl (C=O) groups excluding carboxylic acids is 1. The van der Waals surface area contributed by atoms with E-state index in [4.69, 9.17) is 16.0 Å². The summed E-state index contributed by atoms with van der Waals surface area (Å²) in [6, 6.07) is 13.4. The number of para-hydroxylation sites is 1. The highest BCUT2D eigenvalue weighted by Gasteiger charge is 2.12. The fraction of sp³-hybridized carbons (Fsp3) is 0.211. The van der Waals surface area contributed by atoms with Gasteiger partial charge in [-0.05, 0) is 42.3 Å². The Hall–Kier alpha value is -2.65. The van der Waals surface area contributed by atoms with Crippen LogP contribution >= 0.6 is 23.4 Å². The highest BCUT2D eigenvalue weighted by molar-refractivity contribution is 7.99. The van der Waals surface area contributed by atoms with Crippen LogP contribution in [-0.2, 0) is 11.2 Å². The van der Waals surface area contributed by atoms with Gasteiger partial charge in [0.1, 0.15) is 5.75 Å². The number of benzene rings is 2. The molecule has 2 aromatic carbocycles. The molecule has 0 aliphatic rings. The van der Waals surface area contributed by atoms with Crippen LogP contribution in [0.2, 0.25) is 5.02 Å². The Morgan fingerprint density at radius 1 is 1.17 bits per heavy atom. The number of halogens is 3. The molecule has 0 bridgehead atoms. The fourth-order valence-electron chi connectivity index (χ4n) is 2.41. The van der Waals surface area contributed by atoms with E-state index in [1.165, 1.54) is 6.07 Å². The Morgan fingerprint density at radius 3 is 2.69 bits per heavy atom. The smallest absolute Gasteiger partial charge is 0.387 e. The van der Waals surface area contributed by atoms with Gasteiger partial charge >= 0.3 is 6.61 Å². The second-order valence-corrected chi connectivity index (χ2v) is 7.12. The lowest BCUT2D eigenvalue weighted by molar-refractivity contribution is -0.118. The number of aromatic nitrogens is 2. The standard InChI is InChI=1S/C19H16ClF2N3O3S/c20-14-7-5-13(6-8-14)17-24-25-19(28-17)29-11-16(26)23-10-9-12-3-1-2-4-15(12)27-18(21)22/h1-8,18H,9-11H2,(H,23,26). The third-order valence-electron chi connectivity index (χ3n) is 3.73. The first-order chi connectivity index (χ1) is 14.0. The Labute approximate surface area is 174 Å². The van der Waals surface area contributed by atoms with Crippen LogP contribution in [0.3, 0.4) is 0 Å². The van der Waals surface area contributed by atoms with Gasteiger partial charge in [-0.1, -0.05) is 41.6 Å². The van der Waals surface area contributed by atoms with Crippen LogP contribution in [0.4, 0.5) is 8.78 Å². The summed E-state index contributed by atoms with van der Waals surface area (Å²) in [5.41, 5.74) is 1.31. The lowest BCUT2D eigenvalue weighted by atomic mass is 10.1. The quantitative estimate of drug-likeness (QED) is 0.496. The summed E-state index contributed by atoms with van der Waals surface area (Å²) in [4.78, 5) is 12.0. The van der Waals surface area contributed by atoms with Crippen molar-refractivity contribution in [3.8, 4) is 17.2 Å². The van der Waals surface area contributed by atoms with E-state index < -0.39 is 6.61 Å². The summed E-state index contributed by atoms with van der Waals surface area (Å²) in [6.07, 6.45) is 0.362. The van der Waals surface area contributed by atoms with Crippen molar-refractivity contribution in [2.45, 2.75) is 18.3 Å². The second-order valence-electron chi connectivity index (χ2n) is 5.75. The molecule has 152 valence electrons. The molecular formula is C19H16ClF2N3O3S. The van der Waals surface area contributed by atoms with E-state index in [-0.39, 0.29) is 29.2 Å². The van der Waals surface area contributed by atoms with Crippen molar-refractivity contribution in [1.82, 2.24) is 15.5 Å². The van der Waals surface area contributed by atoms with E-state index in [1.807, 2.05) is 0 Å². The van der Waals surface area contributed by atoms with E-state index >= 15 is 0 Å².